The average molecular weight is 229 g/mol. The molecule has 0 spiro atoms. The molecule has 0 saturated heterocycles. The lowest BCUT2D eigenvalue weighted by Gasteiger charge is -2.05. The molecule has 1 aromatic rings. The Hall–Kier alpha value is -0.880. The van der Waals surface area contributed by atoms with Crippen molar-refractivity contribution in [2.24, 2.45) is 5.41 Å². The number of nitrogens with one attached hydrogen (secondary N) is 2. The van der Waals surface area contributed by atoms with E-state index in [1.54, 1.807) is 6.92 Å². The van der Waals surface area contributed by atoms with Crippen LogP contribution in [0.25, 0.3) is 0 Å². The second kappa shape index (κ2) is 3.05. The summed E-state index contributed by atoms with van der Waals surface area (Å²) in [7, 11) is -3.42. The molecular formula is C9H15N3O2S. The van der Waals surface area contributed by atoms with Crippen molar-refractivity contribution in [2.75, 3.05) is 0 Å². The van der Waals surface area contributed by atoms with Crippen molar-refractivity contribution >= 4 is 10.0 Å². The van der Waals surface area contributed by atoms with Crippen LogP contribution in [0.2, 0.25) is 0 Å². The zero-order chi connectivity index (χ0) is 11.3. The topological polar surface area (TPSA) is 74.8 Å². The third kappa shape index (κ3) is 2.05. The Morgan fingerprint density at radius 3 is 2.60 bits per heavy atom. The van der Waals surface area contributed by atoms with Crippen LogP contribution in [0.5, 0.6) is 0 Å². The van der Waals surface area contributed by atoms with Gasteiger partial charge in [-0.2, -0.15) is 0 Å². The number of aromatic nitrogens is 2. The first-order valence-electron chi connectivity index (χ1n) is 4.85. The molecule has 6 heteroatoms. The van der Waals surface area contributed by atoms with Crippen molar-refractivity contribution in [2.45, 2.75) is 38.3 Å². The first kappa shape index (κ1) is 10.6. The first-order valence-corrected chi connectivity index (χ1v) is 6.33. The number of hydrogen-bond donors (Lipinski definition) is 2. The Balaban J connectivity index is 2.15. The average Bonchev–Trinajstić information content (AvgIpc) is 2.53. The summed E-state index contributed by atoms with van der Waals surface area (Å²) in [6.45, 7) is 5.80. The van der Waals surface area contributed by atoms with Gasteiger partial charge in [0.2, 0.25) is 0 Å². The minimum absolute atomic E-state index is 0.0473. The number of aryl methyl sites for hydroxylation is 1. The minimum Gasteiger partial charge on any atom is -0.332 e. The van der Waals surface area contributed by atoms with Gasteiger partial charge < -0.3 is 4.98 Å². The third-order valence-corrected chi connectivity index (χ3v) is 4.16. The van der Waals surface area contributed by atoms with E-state index in [4.69, 9.17) is 0 Å². The molecule has 1 aliphatic rings. The smallest absolute Gasteiger partial charge is 0.257 e. The van der Waals surface area contributed by atoms with Crippen LogP contribution in [0.1, 0.15) is 26.1 Å². The lowest BCUT2D eigenvalue weighted by Crippen LogP contribution is -2.28. The van der Waals surface area contributed by atoms with Gasteiger partial charge in [-0.3, -0.25) is 0 Å². The zero-order valence-corrected chi connectivity index (χ0v) is 9.85. The summed E-state index contributed by atoms with van der Waals surface area (Å²) in [5, 5.41) is 0.141. The molecule has 0 radical (unpaired) electrons. The molecule has 0 amide bonds. The molecule has 1 atom stereocenters. The van der Waals surface area contributed by atoms with Gasteiger partial charge in [-0.15, -0.1) is 0 Å². The number of aromatic amines is 1. The summed E-state index contributed by atoms with van der Waals surface area (Å²) in [4.78, 5) is 6.59. The van der Waals surface area contributed by atoms with Crippen LogP contribution < -0.4 is 4.72 Å². The van der Waals surface area contributed by atoms with Crippen molar-refractivity contribution in [3.05, 3.63) is 12.0 Å². The number of sulfonamides is 1. The van der Waals surface area contributed by atoms with Gasteiger partial charge in [-0.1, -0.05) is 13.8 Å². The van der Waals surface area contributed by atoms with E-state index in [1.807, 2.05) is 13.8 Å². The number of rotatable bonds is 3. The van der Waals surface area contributed by atoms with Crippen LogP contribution in [-0.4, -0.2) is 24.4 Å². The molecule has 1 fully saturated rings. The van der Waals surface area contributed by atoms with Crippen LogP contribution in [0.4, 0.5) is 0 Å². The molecule has 0 aliphatic heterocycles. The maximum atomic E-state index is 11.8. The second-order valence-corrected chi connectivity index (χ2v) is 6.38. The van der Waals surface area contributed by atoms with E-state index in [1.165, 1.54) is 6.20 Å². The fourth-order valence-corrected chi connectivity index (χ4v) is 2.83. The summed E-state index contributed by atoms with van der Waals surface area (Å²) in [5.74, 6) is 0.602. The normalized spacial score (nSPS) is 24.1. The van der Waals surface area contributed by atoms with Gasteiger partial charge in [-0.25, -0.2) is 18.1 Å². The summed E-state index contributed by atoms with van der Waals surface area (Å²) in [5.41, 5.74) is 0.0855. The fraction of sp³-hybridized carbons (Fsp3) is 0.667. The van der Waals surface area contributed by atoms with Gasteiger partial charge >= 0.3 is 0 Å². The summed E-state index contributed by atoms with van der Waals surface area (Å²) in [6, 6.07) is 0.0473. The molecule has 1 heterocycles. The van der Waals surface area contributed by atoms with Gasteiger partial charge in [0.15, 0.2) is 5.03 Å². The molecule has 84 valence electrons. The van der Waals surface area contributed by atoms with E-state index in [2.05, 4.69) is 14.7 Å². The number of hydrogen-bond acceptors (Lipinski definition) is 3. The van der Waals surface area contributed by atoms with Crippen molar-refractivity contribution in [1.82, 2.24) is 14.7 Å². The van der Waals surface area contributed by atoms with Gasteiger partial charge in [-0.05, 0) is 18.8 Å². The Bertz CT molecular complexity index is 475. The molecule has 1 saturated carbocycles. The minimum atomic E-state index is -3.42. The maximum Gasteiger partial charge on any atom is 0.257 e. The largest absolute Gasteiger partial charge is 0.332 e. The highest BCUT2D eigenvalue weighted by Gasteiger charge is 2.48. The highest BCUT2D eigenvalue weighted by molar-refractivity contribution is 7.89. The van der Waals surface area contributed by atoms with Crippen molar-refractivity contribution in [3.63, 3.8) is 0 Å². The predicted octanol–water partition coefficient (Wildman–Crippen LogP) is 0.795. The summed E-state index contributed by atoms with van der Waals surface area (Å²) in [6.07, 6.45) is 2.23. The highest BCUT2D eigenvalue weighted by Crippen LogP contribution is 2.45. The van der Waals surface area contributed by atoms with Crippen molar-refractivity contribution < 1.29 is 8.42 Å². The van der Waals surface area contributed by atoms with E-state index in [0.717, 1.165) is 6.42 Å². The molecule has 2 N–H and O–H groups in total. The molecule has 15 heavy (non-hydrogen) atoms. The lowest BCUT2D eigenvalue weighted by atomic mass is 10.2. The molecule has 1 aromatic heterocycles. The second-order valence-electron chi connectivity index (χ2n) is 4.70. The maximum absolute atomic E-state index is 11.8. The summed E-state index contributed by atoms with van der Waals surface area (Å²) >= 11 is 0. The van der Waals surface area contributed by atoms with E-state index < -0.39 is 10.0 Å². The quantitative estimate of drug-likeness (QED) is 0.804. The fourth-order valence-electron chi connectivity index (χ4n) is 1.45. The van der Waals surface area contributed by atoms with Gasteiger partial charge in [0.25, 0.3) is 10.0 Å². The Labute approximate surface area is 89.4 Å². The van der Waals surface area contributed by atoms with Gasteiger partial charge in [0, 0.05) is 6.04 Å². The molecule has 5 nitrogen and oxygen atoms in total. The van der Waals surface area contributed by atoms with Crippen LogP contribution in [0, 0.1) is 12.3 Å². The molecule has 0 bridgehead atoms. The van der Waals surface area contributed by atoms with Crippen LogP contribution in [-0.2, 0) is 10.0 Å². The standard InChI is InChI=1S/C9H15N3O2S/c1-6-10-5-8(11-6)15(13,14)12-7-4-9(7,2)3/h5,7,12H,4H2,1-3H3,(H,10,11). The molecule has 1 unspecified atom stereocenters. The first-order chi connectivity index (χ1) is 6.81. The molecule has 1 aliphatic carbocycles. The lowest BCUT2D eigenvalue weighted by molar-refractivity contribution is 0.552. The Morgan fingerprint density at radius 1 is 1.60 bits per heavy atom. The molecule has 0 aromatic carbocycles. The van der Waals surface area contributed by atoms with Crippen LogP contribution in [0.3, 0.4) is 0 Å². The third-order valence-electron chi connectivity index (χ3n) is 2.78. The Morgan fingerprint density at radius 2 is 2.20 bits per heavy atom. The van der Waals surface area contributed by atoms with Gasteiger partial charge in [0.1, 0.15) is 5.82 Å². The van der Waals surface area contributed by atoms with Crippen molar-refractivity contribution in [1.29, 1.82) is 0 Å². The predicted molar refractivity (Wildman–Crippen MR) is 55.8 cm³/mol. The van der Waals surface area contributed by atoms with E-state index in [9.17, 15) is 8.42 Å². The van der Waals surface area contributed by atoms with Crippen LogP contribution in [0.15, 0.2) is 11.2 Å². The molecule has 2 rings (SSSR count). The number of H-pyrrole nitrogens is 1. The van der Waals surface area contributed by atoms with Crippen LogP contribution >= 0.6 is 0 Å². The van der Waals surface area contributed by atoms with Gasteiger partial charge in [0.05, 0.1) is 6.20 Å². The zero-order valence-electron chi connectivity index (χ0n) is 9.03. The summed E-state index contributed by atoms with van der Waals surface area (Å²) < 4.78 is 26.3. The van der Waals surface area contributed by atoms with E-state index in [0.29, 0.717) is 5.82 Å². The number of imidazole rings is 1. The Kier molecular flexibility index (Phi) is 2.16. The molecular weight excluding hydrogens is 214 g/mol. The SMILES string of the molecule is Cc1ncc(S(=O)(=O)NC2CC2(C)C)[nH]1. The van der Waals surface area contributed by atoms with E-state index in [-0.39, 0.29) is 16.5 Å². The highest BCUT2D eigenvalue weighted by atomic mass is 32.2. The van der Waals surface area contributed by atoms with E-state index >= 15 is 0 Å². The van der Waals surface area contributed by atoms with Crippen molar-refractivity contribution in [3.8, 4) is 0 Å². The number of nitrogens with zero attached hydrogens (tertiary/aromatic N) is 1. The monoisotopic (exact) mass is 229 g/mol.